The minimum atomic E-state index is 0.425. The summed E-state index contributed by atoms with van der Waals surface area (Å²) >= 11 is 1.59. The van der Waals surface area contributed by atoms with Gasteiger partial charge in [0.25, 0.3) is 0 Å². The number of ether oxygens (including phenoxy) is 1. The molecule has 2 rings (SSSR count). The summed E-state index contributed by atoms with van der Waals surface area (Å²) in [6.45, 7) is 2.06. The molecule has 0 aliphatic carbocycles. The molecule has 0 amide bonds. The molecule has 1 aromatic carbocycles. The molecule has 0 saturated heterocycles. The number of aromatic nitrogens is 3. The molecule has 2 aromatic rings. The van der Waals surface area contributed by atoms with Crippen molar-refractivity contribution in [1.82, 2.24) is 14.8 Å². The fraction of sp³-hybridized carbons (Fsp3) is 0.333. The van der Waals surface area contributed by atoms with Crippen LogP contribution in [0.3, 0.4) is 0 Å². The van der Waals surface area contributed by atoms with E-state index in [0.717, 1.165) is 22.2 Å². The van der Waals surface area contributed by atoms with E-state index in [-0.39, 0.29) is 0 Å². The number of benzene rings is 1. The Labute approximate surface area is 110 Å². The van der Waals surface area contributed by atoms with E-state index in [1.807, 2.05) is 19.2 Å². The first-order chi connectivity index (χ1) is 8.61. The Kier molecular flexibility index (Phi) is 3.76. The van der Waals surface area contributed by atoms with Crippen molar-refractivity contribution < 1.29 is 4.74 Å². The van der Waals surface area contributed by atoms with Crippen LogP contribution >= 0.6 is 11.8 Å². The van der Waals surface area contributed by atoms with Gasteiger partial charge in [0.15, 0.2) is 5.16 Å². The lowest BCUT2D eigenvalue weighted by Crippen LogP contribution is -1.98. The lowest BCUT2D eigenvalue weighted by atomic mass is 10.1. The highest BCUT2D eigenvalue weighted by molar-refractivity contribution is 7.98. The summed E-state index contributed by atoms with van der Waals surface area (Å²) in [7, 11) is 3.53. The Bertz CT molecular complexity index is 553. The summed E-state index contributed by atoms with van der Waals surface area (Å²) in [4.78, 5) is 0. The molecule has 0 radical (unpaired) electrons. The van der Waals surface area contributed by atoms with E-state index < -0.39 is 0 Å². The normalized spacial score (nSPS) is 10.6. The number of hydrogen-bond donors (Lipinski definition) is 1. The van der Waals surface area contributed by atoms with Crippen molar-refractivity contribution in [3.8, 4) is 5.75 Å². The van der Waals surface area contributed by atoms with Crippen LogP contribution in [-0.4, -0.2) is 21.9 Å². The van der Waals surface area contributed by atoms with Crippen LogP contribution in [0.5, 0.6) is 5.75 Å². The van der Waals surface area contributed by atoms with Gasteiger partial charge in [-0.2, -0.15) is 0 Å². The van der Waals surface area contributed by atoms with Crippen molar-refractivity contribution in [2.24, 2.45) is 7.05 Å². The minimum Gasteiger partial charge on any atom is -0.496 e. The quantitative estimate of drug-likeness (QED) is 0.856. The SMILES string of the molecule is COc1ccc(C)cc1CSc1nnc(N)n1C. The molecule has 0 bridgehead atoms. The third kappa shape index (κ3) is 2.59. The van der Waals surface area contributed by atoms with Gasteiger partial charge in [-0.25, -0.2) is 0 Å². The van der Waals surface area contributed by atoms with Gasteiger partial charge in [0.1, 0.15) is 5.75 Å². The highest BCUT2D eigenvalue weighted by atomic mass is 32.2. The Morgan fingerprint density at radius 3 is 2.78 bits per heavy atom. The number of nitrogens with two attached hydrogens (primary N) is 1. The van der Waals surface area contributed by atoms with Gasteiger partial charge in [-0.3, -0.25) is 4.57 Å². The predicted octanol–water partition coefficient (Wildman–Crippen LogP) is 2.01. The molecule has 0 aliphatic heterocycles. The third-order valence-corrected chi connectivity index (χ3v) is 3.73. The van der Waals surface area contributed by atoms with Crippen molar-refractivity contribution in [1.29, 1.82) is 0 Å². The zero-order valence-electron chi connectivity index (χ0n) is 10.7. The molecule has 18 heavy (non-hydrogen) atoms. The molecular weight excluding hydrogens is 248 g/mol. The van der Waals surface area contributed by atoms with E-state index in [2.05, 4.69) is 23.2 Å². The highest BCUT2D eigenvalue weighted by Crippen LogP contribution is 2.28. The molecule has 2 N–H and O–H groups in total. The van der Waals surface area contributed by atoms with Gasteiger partial charge in [0.05, 0.1) is 7.11 Å². The van der Waals surface area contributed by atoms with Gasteiger partial charge >= 0.3 is 0 Å². The smallest absolute Gasteiger partial charge is 0.222 e. The minimum absolute atomic E-state index is 0.425. The molecule has 0 fully saturated rings. The van der Waals surface area contributed by atoms with E-state index in [4.69, 9.17) is 10.5 Å². The van der Waals surface area contributed by atoms with E-state index in [1.54, 1.807) is 23.4 Å². The largest absolute Gasteiger partial charge is 0.496 e. The number of aryl methyl sites for hydroxylation is 1. The van der Waals surface area contributed by atoms with Crippen LogP contribution in [0.15, 0.2) is 23.4 Å². The fourth-order valence-corrected chi connectivity index (χ4v) is 2.51. The Morgan fingerprint density at radius 1 is 1.39 bits per heavy atom. The molecule has 0 spiro atoms. The summed E-state index contributed by atoms with van der Waals surface area (Å²) in [6.07, 6.45) is 0. The van der Waals surface area contributed by atoms with Gasteiger partial charge in [0.2, 0.25) is 5.95 Å². The lowest BCUT2D eigenvalue weighted by Gasteiger charge is -2.08. The van der Waals surface area contributed by atoms with Crippen molar-refractivity contribution >= 4 is 17.7 Å². The van der Waals surface area contributed by atoms with Crippen LogP contribution < -0.4 is 10.5 Å². The van der Waals surface area contributed by atoms with Crippen molar-refractivity contribution in [3.05, 3.63) is 29.3 Å². The van der Waals surface area contributed by atoms with E-state index in [9.17, 15) is 0 Å². The Morgan fingerprint density at radius 2 is 2.17 bits per heavy atom. The molecular formula is C12H16N4OS. The van der Waals surface area contributed by atoms with Crippen LogP contribution in [0.1, 0.15) is 11.1 Å². The summed E-state index contributed by atoms with van der Waals surface area (Å²) in [6, 6.07) is 6.13. The zero-order valence-corrected chi connectivity index (χ0v) is 11.5. The molecule has 6 heteroatoms. The first-order valence-corrected chi connectivity index (χ1v) is 6.51. The molecule has 1 aromatic heterocycles. The average Bonchev–Trinajstić information content (AvgIpc) is 2.68. The predicted molar refractivity (Wildman–Crippen MR) is 72.7 cm³/mol. The van der Waals surface area contributed by atoms with Crippen molar-refractivity contribution in [2.75, 3.05) is 12.8 Å². The number of thioether (sulfide) groups is 1. The van der Waals surface area contributed by atoms with Gasteiger partial charge in [-0.15, -0.1) is 10.2 Å². The van der Waals surface area contributed by atoms with E-state index in [1.165, 1.54) is 5.56 Å². The fourth-order valence-electron chi connectivity index (χ4n) is 1.61. The maximum absolute atomic E-state index is 5.64. The maximum Gasteiger partial charge on any atom is 0.222 e. The third-order valence-electron chi connectivity index (χ3n) is 2.66. The van der Waals surface area contributed by atoms with Crippen LogP contribution in [-0.2, 0) is 12.8 Å². The van der Waals surface area contributed by atoms with E-state index >= 15 is 0 Å². The first-order valence-electron chi connectivity index (χ1n) is 5.53. The molecule has 96 valence electrons. The summed E-state index contributed by atoms with van der Waals surface area (Å²) in [5.41, 5.74) is 8.00. The summed E-state index contributed by atoms with van der Waals surface area (Å²) in [5.74, 6) is 2.09. The lowest BCUT2D eigenvalue weighted by molar-refractivity contribution is 0.411. The molecule has 0 saturated carbocycles. The molecule has 5 nitrogen and oxygen atoms in total. The second kappa shape index (κ2) is 5.30. The van der Waals surface area contributed by atoms with E-state index in [0.29, 0.717) is 5.95 Å². The highest BCUT2D eigenvalue weighted by Gasteiger charge is 2.09. The molecule has 0 unspecified atom stereocenters. The number of hydrogen-bond acceptors (Lipinski definition) is 5. The second-order valence-electron chi connectivity index (χ2n) is 4.00. The number of nitrogens with zero attached hydrogens (tertiary/aromatic N) is 3. The summed E-state index contributed by atoms with van der Waals surface area (Å²) < 4.78 is 7.11. The molecule has 0 atom stereocenters. The number of rotatable bonds is 4. The molecule has 0 aliphatic rings. The molecule has 1 heterocycles. The second-order valence-corrected chi connectivity index (χ2v) is 4.95. The van der Waals surface area contributed by atoms with Crippen molar-refractivity contribution in [3.63, 3.8) is 0 Å². The van der Waals surface area contributed by atoms with Gasteiger partial charge in [0, 0.05) is 18.4 Å². The monoisotopic (exact) mass is 264 g/mol. The van der Waals surface area contributed by atoms with Gasteiger partial charge in [-0.1, -0.05) is 29.5 Å². The first kappa shape index (κ1) is 12.8. The zero-order chi connectivity index (χ0) is 13.1. The van der Waals surface area contributed by atoms with Gasteiger partial charge < -0.3 is 10.5 Å². The standard InChI is InChI=1S/C12H16N4OS/c1-8-4-5-10(17-3)9(6-8)7-18-12-15-14-11(13)16(12)2/h4-6H,7H2,1-3H3,(H2,13,14). The number of anilines is 1. The number of methoxy groups -OCH3 is 1. The van der Waals surface area contributed by atoms with Crippen molar-refractivity contribution in [2.45, 2.75) is 17.8 Å². The van der Waals surface area contributed by atoms with Crippen LogP contribution in [0.25, 0.3) is 0 Å². The maximum atomic E-state index is 5.64. The average molecular weight is 264 g/mol. The Balaban J connectivity index is 2.15. The summed E-state index contributed by atoms with van der Waals surface area (Å²) in [5, 5.41) is 8.65. The number of nitrogen functional groups attached to an aromatic ring is 1. The van der Waals surface area contributed by atoms with Crippen LogP contribution in [0, 0.1) is 6.92 Å². The topological polar surface area (TPSA) is 66.0 Å². The van der Waals surface area contributed by atoms with Gasteiger partial charge in [-0.05, 0) is 13.0 Å². The van der Waals surface area contributed by atoms with Crippen LogP contribution in [0.2, 0.25) is 0 Å². The Hall–Kier alpha value is -1.69. The van der Waals surface area contributed by atoms with Crippen LogP contribution in [0.4, 0.5) is 5.95 Å².